The molecule has 154 valence electrons. The van der Waals surface area contributed by atoms with E-state index in [2.05, 4.69) is 20.8 Å². The van der Waals surface area contributed by atoms with E-state index in [1.54, 1.807) is 0 Å². The minimum absolute atomic E-state index is 0.382. The summed E-state index contributed by atoms with van der Waals surface area (Å²) in [5.41, 5.74) is 0. The third kappa shape index (κ3) is 7.89. The van der Waals surface area contributed by atoms with E-state index in [-0.39, 0.29) is 5.79 Å². The first-order chi connectivity index (χ1) is 12.6. The molecule has 2 rings (SSSR count). The van der Waals surface area contributed by atoms with Gasteiger partial charge in [0.05, 0.1) is 12.2 Å². The second-order valence-corrected chi connectivity index (χ2v) is 9.23. The van der Waals surface area contributed by atoms with Crippen LogP contribution in [0.5, 0.6) is 0 Å². The third-order valence-corrected chi connectivity index (χ3v) is 6.79. The molecule has 0 radical (unpaired) electrons. The van der Waals surface area contributed by atoms with Crippen molar-refractivity contribution in [1.29, 1.82) is 0 Å². The van der Waals surface area contributed by atoms with Crippen LogP contribution in [0.15, 0.2) is 0 Å². The Morgan fingerprint density at radius 1 is 0.731 bits per heavy atom. The molecule has 26 heavy (non-hydrogen) atoms. The zero-order valence-corrected chi connectivity index (χ0v) is 18.1. The Morgan fingerprint density at radius 3 is 1.69 bits per heavy atom. The van der Waals surface area contributed by atoms with E-state index in [9.17, 15) is 0 Å². The van der Waals surface area contributed by atoms with Gasteiger partial charge in [0.2, 0.25) is 0 Å². The standard InChI is InChI=1S/C24H46O2/c1-4-5-6-7-8-11-16-21(2)24(3,25-22-17-12-9-13-18-22)26-23-19-14-10-15-20-23/h21-23H,4-20H2,1-3H3. The summed E-state index contributed by atoms with van der Waals surface area (Å²) in [6.07, 6.45) is 23.3. The van der Waals surface area contributed by atoms with Crippen LogP contribution in [0.2, 0.25) is 0 Å². The molecule has 0 aromatic heterocycles. The number of hydrogen-bond acceptors (Lipinski definition) is 2. The minimum Gasteiger partial charge on any atom is -0.347 e. The SMILES string of the molecule is CCCCCCCCC(C)C(C)(OC1CCCCC1)OC1CCCCC1. The molecule has 2 aliphatic carbocycles. The predicted octanol–water partition coefficient (Wildman–Crippen LogP) is 7.79. The summed E-state index contributed by atoms with van der Waals surface area (Å²) in [6, 6.07) is 0. The van der Waals surface area contributed by atoms with Crippen LogP contribution in [0.4, 0.5) is 0 Å². The average molecular weight is 367 g/mol. The molecule has 0 N–H and O–H groups in total. The average Bonchev–Trinajstić information content (AvgIpc) is 2.66. The normalized spacial score (nSPS) is 21.8. The van der Waals surface area contributed by atoms with Crippen molar-refractivity contribution in [1.82, 2.24) is 0 Å². The first-order valence-electron chi connectivity index (χ1n) is 12.0. The molecule has 0 saturated heterocycles. The summed E-state index contributed by atoms with van der Waals surface area (Å²) >= 11 is 0. The van der Waals surface area contributed by atoms with Crippen LogP contribution in [0, 0.1) is 5.92 Å². The fourth-order valence-corrected chi connectivity index (χ4v) is 4.78. The van der Waals surface area contributed by atoms with E-state index in [0.717, 1.165) is 0 Å². The lowest BCUT2D eigenvalue weighted by atomic mass is 9.91. The van der Waals surface area contributed by atoms with E-state index in [1.165, 1.54) is 109 Å². The van der Waals surface area contributed by atoms with Crippen LogP contribution in [0.1, 0.15) is 130 Å². The Kier molecular flexibility index (Phi) is 10.6. The number of unbranched alkanes of at least 4 members (excludes halogenated alkanes) is 5. The summed E-state index contributed by atoms with van der Waals surface area (Å²) in [5.74, 6) is 0.102. The zero-order valence-electron chi connectivity index (χ0n) is 18.1. The van der Waals surface area contributed by atoms with Gasteiger partial charge in [0, 0.05) is 5.92 Å². The van der Waals surface area contributed by atoms with Gasteiger partial charge in [-0.1, -0.05) is 90.9 Å². The summed E-state index contributed by atoms with van der Waals surface area (Å²) in [7, 11) is 0. The topological polar surface area (TPSA) is 18.5 Å². The summed E-state index contributed by atoms with van der Waals surface area (Å²) in [4.78, 5) is 0. The molecule has 1 atom stereocenters. The van der Waals surface area contributed by atoms with Crippen molar-refractivity contribution in [3.8, 4) is 0 Å². The largest absolute Gasteiger partial charge is 0.347 e. The number of ether oxygens (including phenoxy) is 2. The van der Waals surface area contributed by atoms with Crippen molar-refractivity contribution in [3.63, 3.8) is 0 Å². The van der Waals surface area contributed by atoms with E-state index >= 15 is 0 Å². The van der Waals surface area contributed by atoms with Crippen molar-refractivity contribution in [3.05, 3.63) is 0 Å². The maximum absolute atomic E-state index is 6.72. The molecule has 2 nitrogen and oxygen atoms in total. The van der Waals surface area contributed by atoms with Gasteiger partial charge in [-0.15, -0.1) is 0 Å². The number of hydrogen-bond donors (Lipinski definition) is 0. The lowest BCUT2D eigenvalue weighted by molar-refractivity contribution is -0.299. The summed E-state index contributed by atoms with van der Waals surface area (Å²) in [5, 5.41) is 0. The molecule has 2 saturated carbocycles. The van der Waals surface area contributed by atoms with Gasteiger partial charge in [0.25, 0.3) is 0 Å². The van der Waals surface area contributed by atoms with Gasteiger partial charge in [0.1, 0.15) is 0 Å². The Labute approximate surface area is 163 Å². The highest BCUT2D eigenvalue weighted by molar-refractivity contribution is 4.79. The van der Waals surface area contributed by atoms with Gasteiger partial charge in [-0.05, 0) is 39.0 Å². The molecular weight excluding hydrogens is 320 g/mol. The van der Waals surface area contributed by atoms with E-state index in [4.69, 9.17) is 9.47 Å². The summed E-state index contributed by atoms with van der Waals surface area (Å²) in [6.45, 7) is 6.92. The fourth-order valence-electron chi connectivity index (χ4n) is 4.78. The Hall–Kier alpha value is -0.0800. The molecule has 1 unspecified atom stereocenters. The van der Waals surface area contributed by atoms with E-state index < -0.39 is 0 Å². The van der Waals surface area contributed by atoms with Crippen LogP contribution in [0.25, 0.3) is 0 Å². The Bertz CT molecular complexity index is 322. The molecule has 2 fully saturated rings. The molecule has 0 aromatic rings. The van der Waals surface area contributed by atoms with E-state index in [0.29, 0.717) is 18.1 Å². The van der Waals surface area contributed by atoms with Crippen LogP contribution < -0.4 is 0 Å². The second-order valence-electron chi connectivity index (χ2n) is 9.23. The Morgan fingerprint density at radius 2 is 1.19 bits per heavy atom. The molecule has 0 bridgehead atoms. The first-order valence-corrected chi connectivity index (χ1v) is 12.0. The molecule has 0 spiro atoms. The number of rotatable bonds is 12. The van der Waals surface area contributed by atoms with Crippen LogP contribution >= 0.6 is 0 Å². The molecule has 0 heterocycles. The second kappa shape index (κ2) is 12.4. The van der Waals surface area contributed by atoms with Gasteiger partial charge in [-0.2, -0.15) is 0 Å². The highest BCUT2D eigenvalue weighted by Crippen LogP contribution is 2.36. The maximum Gasteiger partial charge on any atom is 0.168 e. The lowest BCUT2D eigenvalue weighted by Crippen LogP contribution is -2.46. The molecule has 0 amide bonds. The lowest BCUT2D eigenvalue weighted by Gasteiger charge is -2.42. The highest BCUT2D eigenvalue weighted by Gasteiger charge is 2.38. The molecule has 2 heteroatoms. The minimum atomic E-state index is -0.382. The Balaban J connectivity index is 1.85. The van der Waals surface area contributed by atoms with Crippen molar-refractivity contribution < 1.29 is 9.47 Å². The quantitative estimate of drug-likeness (QED) is 0.259. The van der Waals surface area contributed by atoms with Gasteiger partial charge < -0.3 is 9.47 Å². The van der Waals surface area contributed by atoms with Gasteiger partial charge >= 0.3 is 0 Å². The predicted molar refractivity (Wildman–Crippen MR) is 111 cm³/mol. The molecular formula is C24H46O2. The fraction of sp³-hybridized carbons (Fsp3) is 1.00. The molecule has 0 aromatic carbocycles. The smallest absolute Gasteiger partial charge is 0.168 e. The van der Waals surface area contributed by atoms with Gasteiger partial charge in [-0.3, -0.25) is 0 Å². The van der Waals surface area contributed by atoms with Crippen LogP contribution in [-0.4, -0.2) is 18.0 Å². The van der Waals surface area contributed by atoms with Crippen molar-refractivity contribution in [2.45, 2.75) is 148 Å². The van der Waals surface area contributed by atoms with Crippen molar-refractivity contribution in [2.75, 3.05) is 0 Å². The van der Waals surface area contributed by atoms with Crippen molar-refractivity contribution >= 4 is 0 Å². The molecule has 2 aliphatic rings. The monoisotopic (exact) mass is 366 g/mol. The maximum atomic E-state index is 6.72. The molecule has 0 aliphatic heterocycles. The first kappa shape index (κ1) is 22.2. The van der Waals surface area contributed by atoms with Crippen LogP contribution in [0.3, 0.4) is 0 Å². The highest BCUT2D eigenvalue weighted by atomic mass is 16.7. The summed E-state index contributed by atoms with van der Waals surface area (Å²) < 4.78 is 13.4. The van der Waals surface area contributed by atoms with Gasteiger partial charge in [0.15, 0.2) is 5.79 Å². The van der Waals surface area contributed by atoms with Gasteiger partial charge in [-0.25, -0.2) is 0 Å². The van der Waals surface area contributed by atoms with Crippen molar-refractivity contribution in [2.24, 2.45) is 5.92 Å². The van der Waals surface area contributed by atoms with E-state index in [1.807, 2.05) is 0 Å². The third-order valence-electron chi connectivity index (χ3n) is 6.79. The zero-order chi connectivity index (χ0) is 18.7. The van der Waals surface area contributed by atoms with Crippen LogP contribution in [-0.2, 0) is 9.47 Å².